The van der Waals surface area contributed by atoms with Gasteiger partial charge in [-0.3, -0.25) is 0 Å². The molecule has 0 aliphatic rings. The Morgan fingerprint density at radius 1 is 0.667 bits per heavy atom. The maximum Gasteiger partial charge on any atom is 0.108 e. The highest BCUT2D eigenvalue weighted by atomic mass is 28.3. The summed E-state index contributed by atoms with van der Waals surface area (Å²) in [5, 5.41) is 2.79. The van der Waals surface area contributed by atoms with Crippen LogP contribution in [0, 0.1) is 0 Å². The topological polar surface area (TPSA) is 0 Å². The molecule has 0 saturated carbocycles. The standard InChI is InChI=1S/C23H24Si/c1-19(24(2,3)22-17-11-6-12-18-22)23(20-13-7-4-8-14-20)21-15-9-5-10-16-21/h4-18,23H,1H2,2-3H3. The first-order valence-electron chi connectivity index (χ1n) is 8.45. The fourth-order valence-corrected chi connectivity index (χ4v) is 5.74. The fraction of sp³-hybridized carbons (Fsp3) is 0.130. The molecular formula is C23H24Si. The van der Waals surface area contributed by atoms with Gasteiger partial charge >= 0.3 is 0 Å². The van der Waals surface area contributed by atoms with Crippen LogP contribution in [-0.4, -0.2) is 8.07 Å². The molecule has 0 fully saturated rings. The highest BCUT2D eigenvalue weighted by molar-refractivity contribution is 6.95. The quantitative estimate of drug-likeness (QED) is 0.540. The summed E-state index contributed by atoms with van der Waals surface area (Å²) in [5.41, 5.74) is 2.65. The Labute approximate surface area is 146 Å². The lowest BCUT2D eigenvalue weighted by molar-refractivity contribution is 0.997. The average Bonchev–Trinajstić information content (AvgIpc) is 2.64. The van der Waals surface area contributed by atoms with Crippen LogP contribution >= 0.6 is 0 Å². The highest BCUT2D eigenvalue weighted by Gasteiger charge is 2.33. The summed E-state index contributed by atoms with van der Waals surface area (Å²) in [6.07, 6.45) is 0. The maximum absolute atomic E-state index is 4.62. The van der Waals surface area contributed by atoms with E-state index in [0.717, 1.165) is 0 Å². The molecule has 0 N–H and O–H groups in total. The van der Waals surface area contributed by atoms with Gasteiger partial charge in [0.2, 0.25) is 0 Å². The Balaban J connectivity index is 2.08. The van der Waals surface area contributed by atoms with Gasteiger partial charge in [-0.05, 0) is 11.1 Å². The van der Waals surface area contributed by atoms with Crippen molar-refractivity contribution in [3.05, 3.63) is 114 Å². The number of benzene rings is 3. The second-order valence-corrected chi connectivity index (χ2v) is 11.2. The summed E-state index contributed by atoms with van der Waals surface area (Å²) in [7, 11) is -1.81. The molecular weight excluding hydrogens is 304 g/mol. The molecule has 0 spiro atoms. The van der Waals surface area contributed by atoms with Crippen molar-refractivity contribution in [2.24, 2.45) is 0 Å². The van der Waals surface area contributed by atoms with E-state index < -0.39 is 8.07 Å². The lowest BCUT2D eigenvalue weighted by Gasteiger charge is -2.32. The van der Waals surface area contributed by atoms with Crippen molar-refractivity contribution < 1.29 is 0 Å². The summed E-state index contributed by atoms with van der Waals surface area (Å²) < 4.78 is 0. The second kappa shape index (κ2) is 7.02. The smallest absolute Gasteiger partial charge is 0.102 e. The molecule has 0 bridgehead atoms. The van der Waals surface area contributed by atoms with E-state index in [-0.39, 0.29) is 5.92 Å². The molecule has 0 unspecified atom stereocenters. The molecule has 3 rings (SSSR count). The molecule has 3 aromatic rings. The van der Waals surface area contributed by atoms with Crippen LogP contribution in [0.1, 0.15) is 17.0 Å². The van der Waals surface area contributed by atoms with E-state index >= 15 is 0 Å². The molecule has 0 heterocycles. The molecule has 0 saturated heterocycles. The van der Waals surface area contributed by atoms with Crippen molar-refractivity contribution in [1.29, 1.82) is 0 Å². The van der Waals surface area contributed by atoms with Gasteiger partial charge in [-0.15, -0.1) is 6.58 Å². The SMILES string of the molecule is C=C(C(c1ccccc1)c1ccccc1)[Si](C)(C)c1ccccc1. The molecule has 0 aliphatic carbocycles. The van der Waals surface area contributed by atoms with Gasteiger partial charge < -0.3 is 0 Å². The van der Waals surface area contributed by atoms with Crippen LogP contribution in [0.5, 0.6) is 0 Å². The number of rotatable bonds is 5. The molecule has 1 heteroatoms. The lowest BCUT2D eigenvalue weighted by Crippen LogP contribution is -2.45. The minimum atomic E-state index is -1.81. The molecule has 0 aliphatic heterocycles. The van der Waals surface area contributed by atoms with Crippen molar-refractivity contribution in [3.63, 3.8) is 0 Å². The van der Waals surface area contributed by atoms with E-state index in [0.29, 0.717) is 0 Å². The first-order valence-corrected chi connectivity index (χ1v) is 11.5. The van der Waals surface area contributed by atoms with Crippen molar-refractivity contribution in [1.82, 2.24) is 0 Å². The van der Waals surface area contributed by atoms with E-state index in [9.17, 15) is 0 Å². The third kappa shape index (κ3) is 3.27. The molecule has 3 aromatic carbocycles. The minimum Gasteiger partial charge on any atom is -0.102 e. The molecule has 24 heavy (non-hydrogen) atoms. The van der Waals surface area contributed by atoms with Crippen LogP contribution in [0.2, 0.25) is 13.1 Å². The second-order valence-electron chi connectivity index (χ2n) is 6.77. The normalized spacial score (nSPS) is 11.5. The third-order valence-electron chi connectivity index (χ3n) is 4.91. The summed E-state index contributed by atoms with van der Waals surface area (Å²) in [5.74, 6) is 0.245. The van der Waals surface area contributed by atoms with E-state index in [1.165, 1.54) is 21.5 Å². The molecule has 0 radical (unpaired) electrons. The van der Waals surface area contributed by atoms with Gasteiger partial charge in [-0.1, -0.05) is 114 Å². The van der Waals surface area contributed by atoms with Crippen LogP contribution < -0.4 is 5.19 Å². The van der Waals surface area contributed by atoms with Gasteiger partial charge in [0.25, 0.3) is 0 Å². The predicted molar refractivity (Wildman–Crippen MR) is 107 cm³/mol. The highest BCUT2D eigenvalue weighted by Crippen LogP contribution is 2.35. The summed E-state index contributed by atoms with van der Waals surface area (Å²) in [6, 6.07) is 32.4. The van der Waals surface area contributed by atoms with Gasteiger partial charge in [-0.2, -0.15) is 0 Å². The Morgan fingerprint density at radius 3 is 1.46 bits per heavy atom. The van der Waals surface area contributed by atoms with Crippen molar-refractivity contribution in [2.75, 3.05) is 0 Å². The van der Waals surface area contributed by atoms with E-state index in [4.69, 9.17) is 0 Å². The van der Waals surface area contributed by atoms with Crippen LogP contribution in [0.25, 0.3) is 0 Å². The molecule has 0 aromatic heterocycles. The minimum absolute atomic E-state index is 0.245. The summed E-state index contributed by atoms with van der Waals surface area (Å²) in [6.45, 7) is 9.43. The van der Waals surface area contributed by atoms with Crippen molar-refractivity contribution in [3.8, 4) is 0 Å². The average molecular weight is 329 g/mol. The van der Waals surface area contributed by atoms with E-state index in [1.54, 1.807) is 0 Å². The van der Waals surface area contributed by atoms with Crippen molar-refractivity contribution >= 4 is 13.3 Å². The zero-order chi connectivity index (χ0) is 17.0. The Bertz CT molecular complexity index is 750. The Hall–Kier alpha value is -2.38. The molecule has 0 amide bonds. The zero-order valence-electron chi connectivity index (χ0n) is 14.4. The maximum atomic E-state index is 4.62. The monoisotopic (exact) mass is 328 g/mol. The summed E-state index contributed by atoms with van der Waals surface area (Å²) >= 11 is 0. The van der Waals surface area contributed by atoms with Crippen LogP contribution in [0.4, 0.5) is 0 Å². The van der Waals surface area contributed by atoms with Gasteiger partial charge in [-0.25, -0.2) is 0 Å². The largest absolute Gasteiger partial charge is 0.108 e. The summed E-state index contributed by atoms with van der Waals surface area (Å²) in [4.78, 5) is 0. The van der Waals surface area contributed by atoms with E-state index in [1.807, 2.05) is 0 Å². The zero-order valence-corrected chi connectivity index (χ0v) is 15.4. The third-order valence-corrected chi connectivity index (χ3v) is 8.58. The number of hydrogen-bond acceptors (Lipinski definition) is 0. The number of allylic oxidation sites excluding steroid dienone is 1. The van der Waals surface area contributed by atoms with Gasteiger partial charge in [0, 0.05) is 5.92 Å². The molecule has 0 nitrogen and oxygen atoms in total. The van der Waals surface area contributed by atoms with Crippen LogP contribution in [0.15, 0.2) is 103 Å². The molecule has 120 valence electrons. The van der Waals surface area contributed by atoms with Crippen LogP contribution in [-0.2, 0) is 0 Å². The Morgan fingerprint density at radius 2 is 1.04 bits per heavy atom. The first kappa shape index (κ1) is 16.5. The van der Waals surface area contributed by atoms with Gasteiger partial charge in [0.1, 0.15) is 8.07 Å². The van der Waals surface area contributed by atoms with Crippen molar-refractivity contribution in [2.45, 2.75) is 19.0 Å². The van der Waals surface area contributed by atoms with E-state index in [2.05, 4.69) is 111 Å². The predicted octanol–water partition coefficient (Wildman–Crippen LogP) is 5.53. The van der Waals surface area contributed by atoms with Gasteiger partial charge in [0.05, 0.1) is 0 Å². The number of hydrogen-bond donors (Lipinski definition) is 0. The molecule has 0 atom stereocenters. The Kier molecular flexibility index (Phi) is 4.82. The van der Waals surface area contributed by atoms with Gasteiger partial charge in [0.15, 0.2) is 0 Å². The fourth-order valence-electron chi connectivity index (χ4n) is 3.29. The van der Waals surface area contributed by atoms with Crippen LogP contribution in [0.3, 0.4) is 0 Å². The first-order chi connectivity index (χ1) is 11.6. The lowest BCUT2D eigenvalue weighted by atomic mass is 9.91.